The lowest BCUT2D eigenvalue weighted by Crippen LogP contribution is -2.60. The molecule has 1 aliphatic carbocycles. The van der Waals surface area contributed by atoms with Crippen molar-refractivity contribution in [3.63, 3.8) is 0 Å². The predicted molar refractivity (Wildman–Crippen MR) is 118 cm³/mol. The van der Waals surface area contributed by atoms with Crippen LogP contribution >= 0.6 is 24.0 Å². The summed E-state index contributed by atoms with van der Waals surface area (Å²) in [6.07, 6.45) is 4.45. The average molecular weight is 515 g/mol. The molecular formula is C18H34IN3O4S. The second kappa shape index (κ2) is 9.76. The molecule has 158 valence electrons. The van der Waals surface area contributed by atoms with Crippen LogP contribution in [0.5, 0.6) is 0 Å². The van der Waals surface area contributed by atoms with Crippen molar-refractivity contribution < 1.29 is 17.9 Å². The van der Waals surface area contributed by atoms with Gasteiger partial charge in [-0.15, -0.1) is 24.0 Å². The van der Waals surface area contributed by atoms with Gasteiger partial charge in [0.15, 0.2) is 15.8 Å². The second-order valence-electron chi connectivity index (χ2n) is 8.24. The number of nitrogens with zero attached hydrogens (tertiary/aromatic N) is 2. The number of hydrogen-bond donors (Lipinski definition) is 1. The van der Waals surface area contributed by atoms with Gasteiger partial charge < -0.3 is 15.0 Å². The van der Waals surface area contributed by atoms with Crippen LogP contribution in [0.4, 0.5) is 0 Å². The van der Waals surface area contributed by atoms with Gasteiger partial charge in [-0.3, -0.25) is 4.79 Å². The zero-order valence-electron chi connectivity index (χ0n) is 16.9. The van der Waals surface area contributed by atoms with Crippen LogP contribution < -0.4 is 5.32 Å². The fourth-order valence-electron chi connectivity index (χ4n) is 3.76. The summed E-state index contributed by atoms with van der Waals surface area (Å²) < 4.78 is 30.1. The zero-order chi connectivity index (χ0) is 19.4. The first kappa shape index (κ1) is 24.5. The van der Waals surface area contributed by atoms with Gasteiger partial charge in [0, 0.05) is 19.6 Å². The van der Waals surface area contributed by atoms with Crippen molar-refractivity contribution in [2.75, 3.05) is 31.9 Å². The number of esters is 1. The number of guanidine groups is 1. The molecule has 7 nitrogen and oxygen atoms in total. The fraction of sp³-hybridized carbons (Fsp3) is 0.889. The molecule has 2 aliphatic rings. The zero-order valence-corrected chi connectivity index (χ0v) is 20.1. The van der Waals surface area contributed by atoms with Crippen molar-refractivity contribution in [3.8, 4) is 0 Å². The summed E-state index contributed by atoms with van der Waals surface area (Å²) in [4.78, 5) is 18.4. The van der Waals surface area contributed by atoms with Crippen molar-refractivity contribution in [1.29, 1.82) is 0 Å². The quantitative estimate of drug-likeness (QED) is 0.269. The third kappa shape index (κ3) is 6.47. The van der Waals surface area contributed by atoms with Gasteiger partial charge in [-0.2, -0.15) is 0 Å². The summed E-state index contributed by atoms with van der Waals surface area (Å²) >= 11 is 0. The Bertz CT molecular complexity index is 637. The number of carbonyl (C=O) groups is 1. The van der Waals surface area contributed by atoms with Gasteiger partial charge in [0.2, 0.25) is 0 Å². The summed E-state index contributed by atoms with van der Waals surface area (Å²) in [5.41, 5.74) is -0.545. The molecular weight excluding hydrogens is 481 g/mol. The third-order valence-corrected chi connectivity index (χ3v) is 7.52. The van der Waals surface area contributed by atoms with Crippen LogP contribution in [0.1, 0.15) is 59.8 Å². The minimum atomic E-state index is -3.10. The number of rotatable bonds is 3. The summed E-state index contributed by atoms with van der Waals surface area (Å²) in [5.74, 6) is 0.354. The SMILES string of the molecule is CCNC(=NCC(=O)OC(C)(C)C)N1CCS(=O)(=O)C2(CCCCC2)C1.I. The molecule has 1 spiro atoms. The van der Waals surface area contributed by atoms with Gasteiger partial charge in [-0.25, -0.2) is 13.4 Å². The Morgan fingerprint density at radius 2 is 1.85 bits per heavy atom. The summed E-state index contributed by atoms with van der Waals surface area (Å²) in [7, 11) is -3.10. The molecule has 1 aliphatic heterocycles. The maximum atomic E-state index is 12.7. The molecule has 1 N–H and O–H groups in total. The molecule has 1 saturated heterocycles. The maximum Gasteiger partial charge on any atom is 0.328 e. The molecule has 2 fully saturated rings. The molecule has 0 amide bonds. The molecule has 9 heteroatoms. The third-order valence-electron chi connectivity index (χ3n) is 4.95. The van der Waals surface area contributed by atoms with E-state index in [-0.39, 0.29) is 42.2 Å². The number of ether oxygens (including phenoxy) is 1. The standard InChI is InChI=1S/C18H33N3O4S.HI/c1-5-19-16(20-13-15(22)25-17(2,3)4)21-11-12-26(23,24)18(14-21)9-7-6-8-10-18;/h5-14H2,1-4H3,(H,19,20);1H. The smallest absolute Gasteiger partial charge is 0.328 e. The largest absolute Gasteiger partial charge is 0.459 e. The Morgan fingerprint density at radius 3 is 2.41 bits per heavy atom. The Morgan fingerprint density at radius 1 is 1.22 bits per heavy atom. The fourth-order valence-corrected chi connectivity index (χ4v) is 5.91. The topological polar surface area (TPSA) is 88.1 Å². The Kier molecular flexibility index (Phi) is 8.84. The lowest BCUT2D eigenvalue weighted by Gasteiger charge is -2.45. The lowest BCUT2D eigenvalue weighted by molar-refractivity contribution is -0.152. The van der Waals surface area contributed by atoms with Gasteiger partial charge in [-0.05, 0) is 40.5 Å². The summed E-state index contributed by atoms with van der Waals surface area (Å²) in [6.45, 7) is 8.87. The first-order valence-corrected chi connectivity index (χ1v) is 11.2. The molecule has 1 saturated carbocycles. The Balaban J connectivity index is 0.00000364. The van der Waals surface area contributed by atoms with Crippen LogP contribution in [0.2, 0.25) is 0 Å². The number of sulfone groups is 1. The van der Waals surface area contributed by atoms with Crippen molar-refractivity contribution in [3.05, 3.63) is 0 Å². The molecule has 1 heterocycles. The van der Waals surface area contributed by atoms with Gasteiger partial charge in [0.1, 0.15) is 12.1 Å². The van der Waals surface area contributed by atoms with E-state index >= 15 is 0 Å². The maximum absolute atomic E-state index is 12.7. The van der Waals surface area contributed by atoms with E-state index in [4.69, 9.17) is 4.74 Å². The highest BCUT2D eigenvalue weighted by atomic mass is 127. The van der Waals surface area contributed by atoms with E-state index in [1.807, 2.05) is 32.6 Å². The van der Waals surface area contributed by atoms with Crippen LogP contribution in [0.3, 0.4) is 0 Å². The van der Waals surface area contributed by atoms with Crippen molar-refractivity contribution in [2.24, 2.45) is 4.99 Å². The first-order chi connectivity index (χ1) is 12.1. The van der Waals surface area contributed by atoms with Crippen LogP contribution in [-0.4, -0.2) is 67.5 Å². The molecule has 0 atom stereocenters. The Labute approximate surface area is 180 Å². The normalized spacial score (nSPS) is 22.1. The molecule has 27 heavy (non-hydrogen) atoms. The first-order valence-electron chi connectivity index (χ1n) is 9.56. The number of carbonyl (C=O) groups excluding carboxylic acids is 1. The molecule has 0 radical (unpaired) electrons. The highest BCUT2D eigenvalue weighted by Gasteiger charge is 2.48. The highest BCUT2D eigenvalue weighted by Crippen LogP contribution is 2.38. The monoisotopic (exact) mass is 515 g/mol. The molecule has 0 aromatic heterocycles. The van der Waals surface area contributed by atoms with Crippen LogP contribution in [0, 0.1) is 0 Å². The van der Waals surface area contributed by atoms with Gasteiger partial charge in [0.05, 0.1) is 10.5 Å². The highest BCUT2D eigenvalue weighted by molar-refractivity contribution is 14.0. The minimum absolute atomic E-state index is 0. The van der Waals surface area contributed by atoms with Crippen LogP contribution in [-0.2, 0) is 19.4 Å². The van der Waals surface area contributed by atoms with E-state index in [1.54, 1.807) is 0 Å². The van der Waals surface area contributed by atoms with Gasteiger partial charge in [-0.1, -0.05) is 19.3 Å². The lowest BCUT2D eigenvalue weighted by atomic mass is 9.87. The van der Waals surface area contributed by atoms with E-state index in [0.717, 1.165) is 32.1 Å². The molecule has 0 bridgehead atoms. The van der Waals surface area contributed by atoms with E-state index < -0.39 is 20.2 Å². The van der Waals surface area contributed by atoms with Crippen LogP contribution in [0.15, 0.2) is 4.99 Å². The molecule has 0 aromatic carbocycles. The summed E-state index contributed by atoms with van der Waals surface area (Å²) in [5, 5.41) is 3.19. The number of nitrogens with one attached hydrogen (secondary N) is 1. The van der Waals surface area contributed by atoms with E-state index in [9.17, 15) is 13.2 Å². The van der Waals surface area contributed by atoms with Crippen molar-refractivity contribution in [2.45, 2.75) is 70.1 Å². The number of halogens is 1. The average Bonchev–Trinajstić information content (AvgIpc) is 2.54. The molecule has 0 aromatic rings. The van der Waals surface area contributed by atoms with Crippen molar-refractivity contribution >= 4 is 45.7 Å². The summed E-state index contributed by atoms with van der Waals surface area (Å²) in [6, 6.07) is 0. The molecule has 0 unspecified atom stereocenters. The van der Waals surface area contributed by atoms with E-state index in [1.165, 1.54) is 0 Å². The van der Waals surface area contributed by atoms with Gasteiger partial charge >= 0.3 is 5.97 Å². The van der Waals surface area contributed by atoms with E-state index in [0.29, 0.717) is 25.6 Å². The van der Waals surface area contributed by atoms with Crippen molar-refractivity contribution in [1.82, 2.24) is 10.2 Å². The molecule has 2 rings (SSSR count). The van der Waals surface area contributed by atoms with E-state index in [2.05, 4.69) is 10.3 Å². The second-order valence-corrected chi connectivity index (χ2v) is 10.7. The number of aliphatic imine (C=N–C) groups is 1. The minimum Gasteiger partial charge on any atom is -0.459 e. The Hall–Kier alpha value is -0.580. The predicted octanol–water partition coefficient (Wildman–Crippen LogP) is 2.34. The van der Waals surface area contributed by atoms with Crippen LogP contribution in [0.25, 0.3) is 0 Å². The number of hydrogen-bond acceptors (Lipinski definition) is 5. The van der Waals surface area contributed by atoms with Gasteiger partial charge in [0.25, 0.3) is 0 Å².